The summed E-state index contributed by atoms with van der Waals surface area (Å²) in [6.45, 7) is 0.700. The minimum absolute atomic E-state index is 0.0219. The van der Waals surface area contributed by atoms with Gasteiger partial charge in [0.05, 0.1) is 11.6 Å². The molecule has 1 aromatic rings. The third-order valence-corrected chi connectivity index (χ3v) is 4.07. The van der Waals surface area contributed by atoms with Gasteiger partial charge >= 0.3 is 0 Å². The predicted molar refractivity (Wildman–Crippen MR) is 70.8 cm³/mol. The summed E-state index contributed by atoms with van der Waals surface area (Å²) in [4.78, 5) is 0. The number of nitrogens with one attached hydrogen (secondary N) is 1. The molecule has 0 unspecified atom stereocenters. The first kappa shape index (κ1) is 14.9. The van der Waals surface area contributed by atoms with Crippen molar-refractivity contribution >= 4 is 0 Å². The lowest BCUT2D eigenvalue weighted by Crippen LogP contribution is -2.35. The molecule has 0 spiro atoms. The summed E-state index contributed by atoms with van der Waals surface area (Å²) in [5.41, 5.74) is -0.235. The Bertz CT molecular complexity index is 496. The number of rotatable bonds is 5. The van der Waals surface area contributed by atoms with E-state index in [9.17, 15) is 13.9 Å². The van der Waals surface area contributed by atoms with Gasteiger partial charge in [-0.05, 0) is 25.0 Å². The zero-order chi connectivity index (χ0) is 14.6. The summed E-state index contributed by atoms with van der Waals surface area (Å²) in [5.74, 6) is -1.42. The summed E-state index contributed by atoms with van der Waals surface area (Å²) in [6.07, 6.45) is 4.05. The normalized spacial score (nSPS) is 17.1. The first-order chi connectivity index (χ1) is 9.60. The fourth-order valence-electron chi connectivity index (χ4n) is 2.80. The third-order valence-electron chi connectivity index (χ3n) is 4.07. The fraction of sp³-hybridized carbons (Fsp3) is 0.533. The van der Waals surface area contributed by atoms with Crippen molar-refractivity contribution in [1.29, 1.82) is 5.26 Å². The Labute approximate surface area is 117 Å². The van der Waals surface area contributed by atoms with Crippen LogP contribution in [-0.4, -0.2) is 18.3 Å². The van der Waals surface area contributed by atoms with Crippen LogP contribution in [0.1, 0.15) is 36.8 Å². The van der Waals surface area contributed by atoms with Crippen molar-refractivity contribution in [3.05, 3.63) is 34.9 Å². The highest BCUT2D eigenvalue weighted by Gasteiger charge is 2.32. The van der Waals surface area contributed by atoms with Crippen LogP contribution < -0.4 is 5.32 Å². The molecule has 5 heteroatoms. The summed E-state index contributed by atoms with van der Waals surface area (Å²) in [6, 6.07) is 3.80. The number of aliphatic hydroxyl groups excluding tert-OH is 1. The summed E-state index contributed by atoms with van der Waals surface area (Å²) in [7, 11) is 0. The number of nitriles is 1. The maximum absolute atomic E-state index is 13.7. The van der Waals surface area contributed by atoms with Crippen LogP contribution in [0.15, 0.2) is 12.1 Å². The van der Waals surface area contributed by atoms with Gasteiger partial charge in [-0.1, -0.05) is 12.8 Å². The molecule has 0 amide bonds. The fourth-order valence-corrected chi connectivity index (χ4v) is 2.80. The van der Waals surface area contributed by atoms with E-state index in [1.54, 1.807) is 6.07 Å². The van der Waals surface area contributed by atoms with Crippen LogP contribution in [-0.2, 0) is 6.54 Å². The Kier molecular flexibility index (Phi) is 4.69. The zero-order valence-electron chi connectivity index (χ0n) is 11.3. The number of aliphatic hydroxyl groups is 1. The molecule has 0 radical (unpaired) electrons. The largest absolute Gasteiger partial charge is 0.396 e. The lowest BCUT2D eigenvalue weighted by atomic mass is 9.87. The van der Waals surface area contributed by atoms with E-state index in [1.807, 2.05) is 0 Å². The van der Waals surface area contributed by atoms with E-state index in [1.165, 1.54) is 0 Å². The number of benzene rings is 1. The van der Waals surface area contributed by atoms with Crippen molar-refractivity contribution in [1.82, 2.24) is 5.32 Å². The van der Waals surface area contributed by atoms with Crippen LogP contribution in [0.3, 0.4) is 0 Å². The van der Waals surface area contributed by atoms with E-state index in [0.717, 1.165) is 37.8 Å². The molecular formula is C15H18F2N2O. The van der Waals surface area contributed by atoms with Crippen LogP contribution in [0.25, 0.3) is 0 Å². The number of hydrogen-bond donors (Lipinski definition) is 2. The highest BCUT2D eigenvalue weighted by Crippen LogP contribution is 2.36. The van der Waals surface area contributed by atoms with Gasteiger partial charge < -0.3 is 10.4 Å². The van der Waals surface area contributed by atoms with Crippen molar-refractivity contribution in [2.45, 2.75) is 32.2 Å². The second kappa shape index (κ2) is 6.29. The smallest absolute Gasteiger partial charge is 0.131 e. The van der Waals surface area contributed by atoms with Gasteiger partial charge in [0.15, 0.2) is 0 Å². The second-order valence-electron chi connectivity index (χ2n) is 5.50. The molecule has 2 N–H and O–H groups in total. The Balaban J connectivity index is 1.99. The number of halogens is 2. The van der Waals surface area contributed by atoms with Crippen LogP contribution in [0.5, 0.6) is 0 Å². The minimum atomic E-state index is -0.710. The van der Waals surface area contributed by atoms with E-state index >= 15 is 0 Å². The van der Waals surface area contributed by atoms with Gasteiger partial charge in [0.1, 0.15) is 11.6 Å². The molecule has 0 aliphatic heterocycles. The maximum atomic E-state index is 13.7. The van der Waals surface area contributed by atoms with Crippen LogP contribution in [0, 0.1) is 28.4 Å². The van der Waals surface area contributed by atoms with Crippen molar-refractivity contribution in [3.63, 3.8) is 0 Å². The van der Waals surface area contributed by atoms with E-state index in [2.05, 4.69) is 5.32 Å². The minimum Gasteiger partial charge on any atom is -0.396 e. The van der Waals surface area contributed by atoms with Crippen LogP contribution >= 0.6 is 0 Å². The Morgan fingerprint density at radius 3 is 2.35 bits per heavy atom. The van der Waals surface area contributed by atoms with Gasteiger partial charge in [0.2, 0.25) is 0 Å². The van der Waals surface area contributed by atoms with E-state index in [0.29, 0.717) is 6.54 Å². The van der Waals surface area contributed by atoms with Gasteiger partial charge in [0.25, 0.3) is 0 Å². The summed E-state index contributed by atoms with van der Waals surface area (Å²) in [5, 5.41) is 21.1. The van der Waals surface area contributed by atoms with Crippen LogP contribution in [0.4, 0.5) is 8.78 Å². The molecule has 0 saturated heterocycles. The molecule has 1 aliphatic carbocycles. The predicted octanol–water partition coefficient (Wildman–Crippen LogP) is 2.48. The van der Waals surface area contributed by atoms with Crippen molar-refractivity contribution < 1.29 is 13.9 Å². The molecule has 1 aromatic carbocycles. The van der Waals surface area contributed by atoms with E-state index in [4.69, 9.17) is 5.26 Å². The third kappa shape index (κ3) is 3.14. The van der Waals surface area contributed by atoms with Gasteiger partial charge in [-0.15, -0.1) is 0 Å². The molecule has 1 aliphatic rings. The van der Waals surface area contributed by atoms with Gasteiger partial charge in [-0.25, -0.2) is 8.78 Å². The van der Waals surface area contributed by atoms with Crippen LogP contribution in [0.2, 0.25) is 0 Å². The number of nitrogens with zero attached hydrogens (tertiary/aromatic N) is 1. The SMILES string of the molecule is N#Cc1cc(F)c(CNCC2(CO)CCCC2)c(F)c1. The standard InChI is InChI=1S/C15H18F2N2O/c16-13-5-11(7-18)6-14(17)12(13)8-19-9-15(10-20)3-1-2-4-15/h5-6,19-20H,1-4,8-10H2. The second-order valence-corrected chi connectivity index (χ2v) is 5.50. The highest BCUT2D eigenvalue weighted by atomic mass is 19.1. The highest BCUT2D eigenvalue weighted by molar-refractivity contribution is 5.34. The zero-order valence-corrected chi connectivity index (χ0v) is 11.3. The Morgan fingerprint density at radius 2 is 1.85 bits per heavy atom. The van der Waals surface area contributed by atoms with E-state index < -0.39 is 11.6 Å². The first-order valence-corrected chi connectivity index (χ1v) is 6.80. The molecule has 1 fully saturated rings. The average molecular weight is 280 g/mol. The van der Waals surface area contributed by atoms with Gasteiger partial charge in [-0.3, -0.25) is 0 Å². The molecule has 1 saturated carbocycles. The Morgan fingerprint density at radius 1 is 1.25 bits per heavy atom. The van der Waals surface area contributed by atoms with Crippen molar-refractivity contribution in [3.8, 4) is 6.07 Å². The lowest BCUT2D eigenvalue weighted by molar-refractivity contribution is 0.128. The molecule has 0 bridgehead atoms. The number of hydrogen-bond acceptors (Lipinski definition) is 3. The molecule has 20 heavy (non-hydrogen) atoms. The first-order valence-electron chi connectivity index (χ1n) is 6.80. The maximum Gasteiger partial charge on any atom is 0.131 e. The van der Waals surface area contributed by atoms with Crippen molar-refractivity contribution in [2.24, 2.45) is 5.41 Å². The van der Waals surface area contributed by atoms with Crippen molar-refractivity contribution in [2.75, 3.05) is 13.2 Å². The summed E-state index contributed by atoms with van der Waals surface area (Å²) < 4.78 is 27.4. The quantitative estimate of drug-likeness (QED) is 0.871. The Hall–Kier alpha value is -1.51. The van der Waals surface area contributed by atoms with E-state index in [-0.39, 0.29) is 29.7 Å². The molecular weight excluding hydrogens is 262 g/mol. The molecule has 2 rings (SSSR count). The molecule has 108 valence electrons. The van der Waals surface area contributed by atoms with Gasteiger partial charge in [0, 0.05) is 30.7 Å². The molecule has 0 atom stereocenters. The summed E-state index contributed by atoms with van der Waals surface area (Å²) >= 11 is 0. The average Bonchev–Trinajstić information content (AvgIpc) is 2.91. The molecule has 0 heterocycles. The monoisotopic (exact) mass is 280 g/mol. The molecule has 0 aromatic heterocycles. The van der Waals surface area contributed by atoms with Gasteiger partial charge in [-0.2, -0.15) is 5.26 Å². The molecule has 3 nitrogen and oxygen atoms in total. The topological polar surface area (TPSA) is 56.0 Å². The lowest BCUT2D eigenvalue weighted by Gasteiger charge is -2.26.